The molecule has 0 fully saturated rings. The molecule has 0 radical (unpaired) electrons. The predicted molar refractivity (Wildman–Crippen MR) is 72.5 cm³/mol. The first-order valence-corrected chi connectivity index (χ1v) is 5.89. The zero-order chi connectivity index (χ0) is 13.2. The van der Waals surface area contributed by atoms with Crippen molar-refractivity contribution in [2.45, 2.75) is 13.5 Å². The number of fused-ring (bicyclic) bond motifs is 1. The van der Waals surface area contributed by atoms with Gasteiger partial charge in [0.25, 0.3) is 6.01 Å². The standard InChI is InChI=1S/C13H13N5O/c1-8-15-5-4-10(17-8)7-16-13-18-11-3-2-9(14)6-12(11)19-13/h2-6H,7,14H2,1H3,(H,16,18). The zero-order valence-corrected chi connectivity index (χ0v) is 10.4. The molecule has 3 N–H and O–H groups in total. The van der Waals surface area contributed by atoms with Crippen LogP contribution in [0.1, 0.15) is 11.5 Å². The molecule has 0 aliphatic rings. The van der Waals surface area contributed by atoms with Crippen LogP contribution in [0.25, 0.3) is 11.1 Å². The van der Waals surface area contributed by atoms with Crippen LogP contribution in [0.2, 0.25) is 0 Å². The maximum absolute atomic E-state index is 5.69. The van der Waals surface area contributed by atoms with Crippen LogP contribution in [0.5, 0.6) is 0 Å². The van der Waals surface area contributed by atoms with Gasteiger partial charge >= 0.3 is 0 Å². The SMILES string of the molecule is Cc1nccc(CNc2nc3ccc(N)cc3o2)n1. The van der Waals surface area contributed by atoms with E-state index in [4.69, 9.17) is 10.2 Å². The van der Waals surface area contributed by atoms with Gasteiger partial charge in [-0.1, -0.05) is 0 Å². The van der Waals surface area contributed by atoms with Crippen molar-refractivity contribution in [2.24, 2.45) is 0 Å². The second-order valence-electron chi connectivity index (χ2n) is 4.19. The first-order chi connectivity index (χ1) is 9.20. The van der Waals surface area contributed by atoms with Gasteiger partial charge in [-0.25, -0.2) is 9.97 Å². The van der Waals surface area contributed by atoms with Crippen molar-refractivity contribution >= 4 is 22.8 Å². The Bertz CT molecular complexity index is 722. The monoisotopic (exact) mass is 255 g/mol. The van der Waals surface area contributed by atoms with Gasteiger partial charge in [-0.2, -0.15) is 4.98 Å². The number of benzene rings is 1. The Kier molecular flexibility index (Phi) is 2.75. The van der Waals surface area contributed by atoms with Crippen LogP contribution in [-0.4, -0.2) is 15.0 Å². The Balaban J connectivity index is 1.78. The van der Waals surface area contributed by atoms with Crippen LogP contribution in [0.4, 0.5) is 11.7 Å². The normalized spacial score (nSPS) is 10.8. The highest BCUT2D eigenvalue weighted by Crippen LogP contribution is 2.21. The fraction of sp³-hybridized carbons (Fsp3) is 0.154. The largest absolute Gasteiger partial charge is 0.423 e. The van der Waals surface area contributed by atoms with Crippen molar-refractivity contribution < 1.29 is 4.42 Å². The van der Waals surface area contributed by atoms with Gasteiger partial charge in [-0.05, 0) is 25.1 Å². The molecule has 0 saturated carbocycles. The van der Waals surface area contributed by atoms with E-state index in [9.17, 15) is 0 Å². The molecule has 3 rings (SSSR count). The van der Waals surface area contributed by atoms with Gasteiger partial charge in [-0.15, -0.1) is 0 Å². The number of nitrogens with one attached hydrogen (secondary N) is 1. The summed E-state index contributed by atoms with van der Waals surface area (Å²) < 4.78 is 5.56. The summed E-state index contributed by atoms with van der Waals surface area (Å²) in [5.74, 6) is 0.740. The third-order valence-corrected chi connectivity index (χ3v) is 2.67. The van der Waals surface area contributed by atoms with Crippen LogP contribution in [0.15, 0.2) is 34.9 Å². The Morgan fingerprint density at radius 3 is 3.00 bits per heavy atom. The summed E-state index contributed by atoms with van der Waals surface area (Å²) in [7, 11) is 0. The molecule has 0 amide bonds. The lowest BCUT2D eigenvalue weighted by molar-refractivity contribution is 0.613. The third kappa shape index (κ3) is 2.47. The lowest BCUT2D eigenvalue weighted by Crippen LogP contribution is -2.03. The number of hydrogen-bond donors (Lipinski definition) is 2. The van der Waals surface area contributed by atoms with Crippen LogP contribution < -0.4 is 11.1 Å². The Morgan fingerprint density at radius 2 is 2.16 bits per heavy atom. The topological polar surface area (TPSA) is 89.9 Å². The van der Waals surface area contributed by atoms with Crippen LogP contribution in [-0.2, 0) is 6.54 Å². The highest BCUT2D eigenvalue weighted by molar-refractivity contribution is 5.78. The van der Waals surface area contributed by atoms with Gasteiger partial charge in [0.05, 0.1) is 12.2 Å². The van der Waals surface area contributed by atoms with Crippen molar-refractivity contribution in [1.82, 2.24) is 15.0 Å². The van der Waals surface area contributed by atoms with Crippen molar-refractivity contribution in [3.63, 3.8) is 0 Å². The van der Waals surface area contributed by atoms with E-state index >= 15 is 0 Å². The van der Waals surface area contributed by atoms with E-state index in [1.54, 1.807) is 18.3 Å². The average Bonchev–Trinajstić information content (AvgIpc) is 2.78. The van der Waals surface area contributed by atoms with E-state index in [2.05, 4.69) is 20.3 Å². The van der Waals surface area contributed by atoms with E-state index in [0.29, 0.717) is 23.8 Å². The quantitative estimate of drug-likeness (QED) is 0.697. The Labute approximate surface area is 109 Å². The molecule has 0 spiro atoms. The molecule has 0 unspecified atom stereocenters. The van der Waals surface area contributed by atoms with Crippen molar-refractivity contribution in [2.75, 3.05) is 11.1 Å². The number of aryl methyl sites for hydroxylation is 1. The molecular formula is C13H13N5O. The van der Waals surface area contributed by atoms with Crippen molar-refractivity contribution in [1.29, 1.82) is 0 Å². The summed E-state index contributed by atoms with van der Waals surface area (Å²) in [5.41, 5.74) is 8.67. The Morgan fingerprint density at radius 1 is 1.26 bits per heavy atom. The van der Waals surface area contributed by atoms with Crippen molar-refractivity contribution in [3.05, 3.63) is 42.0 Å². The van der Waals surface area contributed by atoms with Crippen LogP contribution >= 0.6 is 0 Å². The minimum atomic E-state index is 0.455. The summed E-state index contributed by atoms with van der Waals surface area (Å²) in [5, 5.41) is 3.09. The molecule has 0 bridgehead atoms. The third-order valence-electron chi connectivity index (χ3n) is 2.67. The number of anilines is 2. The number of hydrogen-bond acceptors (Lipinski definition) is 6. The molecular weight excluding hydrogens is 242 g/mol. The molecule has 19 heavy (non-hydrogen) atoms. The van der Waals surface area contributed by atoms with Gasteiger partial charge in [-0.3, -0.25) is 0 Å². The average molecular weight is 255 g/mol. The maximum Gasteiger partial charge on any atom is 0.296 e. The lowest BCUT2D eigenvalue weighted by Gasteiger charge is -2.01. The lowest BCUT2D eigenvalue weighted by atomic mass is 10.3. The van der Waals surface area contributed by atoms with E-state index < -0.39 is 0 Å². The molecule has 0 aliphatic heterocycles. The summed E-state index contributed by atoms with van der Waals surface area (Å²) in [6, 6.07) is 7.68. The molecule has 3 aromatic rings. The first kappa shape index (κ1) is 11.5. The first-order valence-electron chi connectivity index (χ1n) is 5.89. The predicted octanol–water partition coefficient (Wildman–Crippen LogP) is 2.12. The second-order valence-corrected chi connectivity index (χ2v) is 4.19. The highest BCUT2D eigenvalue weighted by atomic mass is 16.4. The zero-order valence-electron chi connectivity index (χ0n) is 10.4. The Hall–Kier alpha value is -2.63. The second kappa shape index (κ2) is 4.56. The molecule has 96 valence electrons. The number of nitrogens with two attached hydrogens (primary N) is 1. The molecule has 1 aromatic carbocycles. The minimum absolute atomic E-state index is 0.455. The van der Waals surface area contributed by atoms with E-state index in [1.807, 2.05) is 19.1 Å². The smallest absolute Gasteiger partial charge is 0.296 e. The summed E-state index contributed by atoms with van der Waals surface area (Å²) in [6.45, 7) is 2.39. The fourth-order valence-corrected chi connectivity index (χ4v) is 1.79. The maximum atomic E-state index is 5.69. The van der Waals surface area contributed by atoms with E-state index in [-0.39, 0.29) is 0 Å². The number of oxazole rings is 1. The van der Waals surface area contributed by atoms with Gasteiger partial charge in [0.15, 0.2) is 5.58 Å². The van der Waals surface area contributed by atoms with Crippen LogP contribution in [0.3, 0.4) is 0 Å². The summed E-state index contributed by atoms with van der Waals surface area (Å²) >= 11 is 0. The highest BCUT2D eigenvalue weighted by Gasteiger charge is 2.05. The number of nitrogens with zero attached hydrogens (tertiary/aromatic N) is 3. The summed E-state index contributed by atoms with van der Waals surface area (Å²) in [4.78, 5) is 12.7. The number of aromatic nitrogens is 3. The minimum Gasteiger partial charge on any atom is -0.423 e. The van der Waals surface area contributed by atoms with Crippen molar-refractivity contribution in [3.8, 4) is 0 Å². The van der Waals surface area contributed by atoms with Gasteiger partial charge < -0.3 is 15.5 Å². The fourth-order valence-electron chi connectivity index (χ4n) is 1.79. The summed E-state index contributed by atoms with van der Waals surface area (Å²) in [6.07, 6.45) is 1.73. The van der Waals surface area contributed by atoms with Gasteiger partial charge in [0.1, 0.15) is 11.3 Å². The number of rotatable bonds is 3. The van der Waals surface area contributed by atoms with E-state index in [0.717, 1.165) is 17.0 Å². The van der Waals surface area contributed by atoms with E-state index in [1.165, 1.54) is 0 Å². The van der Waals surface area contributed by atoms with Crippen LogP contribution in [0, 0.1) is 6.92 Å². The molecule has 0 aliphatic carbocycles. The molecule has 6 nitrogen and oxygen atoms in total. The molecule has 2 heterocycles. The molecule has 0 atom stereocenters. The molecule has 6 heteroatoms. The van der Waals surface area contributed by atoms with Gasteiger partial charge in [0, 0.05) is 18.0 Å². The number of nitrogen functional groups attached to an aromatic ring is 1. The molecule has 2 aromatic heterocycles. The van der Waals surface area contributed by atoms with Gasteiger partial charge in [0.2, 0.25) is 0 Å². The molecule has 0 saturated heterocycles.